The number of carbonyl (C=O) groups is 1. The fourth-order valence-corrected chi connectivity index (χ4v) is 2.30. The molecular formula is C15H21N5O4. The molecule has 0 aromatic carbocycles. The van der Waals surface area contributed by atoms with Crippen molar-refractivity contribution in [1.29, 1.82) is 0 Å². The van der Waals surface area contributed by atoms with Crippen molar-refractivity contribution in [2.75, 3.05) is 25.0 Å². The van der Waals surface area contributed by atoms with Gasteiger partial charge in [0.1, 0.15) is 5.76 Å². The molecule has 1 saturated heterocycles. The number of carbonyl (C=O) groups excluding carboxylic acids is 1. The van der Waals surface area contributed by atoms with Crippen LogP contribution in [0, 0.1) is 6.92 Å². The first-order valence-electron chi connectivity index (χ1n) is 7.77. The molecule has 3 heterocycles. The van der Waals surface area contributed by atoms with Gasteiger partial charge in [0.15, 0.2) is 11.9 Å². The summed E-state index contributed by atoms with van der Waals surface area (Å²) in [6, 6.07) is 1.46. The Labute approximate surface area is 139 Å². The molecule has 9 heteroatoms. The Morgan fingerprint density at radius 1 is 1.38 bits per heavy atom. The number of morpholine rings is 1. The van der Waals surface area contributed by atoms with Crippen LogP contribution in [0.2, 0.25) is 0 Å². The molecule has 2 amide bonds. The zero-order valence-electron chi connectivity index (χ0n) is 14.2. The molecule has 0 radical (unpaired) electrons. The minimum absolute atomic E-state index is 0.171. The average Bonchev–Trinajstić information content (AvgIpc) is 3.16. The number of aromatic nitrogens is 3. The molecule has 0 bridgehead atoms. The maximum atomic E-state index is 12.4. The summed E-state index contributed by atoms with van der Waals surface area (Å²) in [5, 5.41) is 14.4. The van der Waals surface area contributed by atoms with Crippen molar-refractivity contribution in [1.82, 2.24) is 20.3 Å². The lowest BCUT2D eigenvalue weighted by molar-refractivity contribution is -0.0274. The molecule has 2 aromatic rings. The van der Waals surface area contributed by atoms with Gasteiger partial charge in [-0.15, -0.1) is 10.2 Å². The third-order valence-electron chi connectivity index (χ3n) is 3.66. The molecule has 1 atom stereocenters. The van der Waals surface area contributed by atoms with Crippen molar-refractivity contribution < 1.29 is 18.5 Å². The Hall–Kier alpha value is -2.42. The van der Waals surface area contributed by atoms with Gasteiger partial charge in [-0.2, -0.15) is 0 Å². The van der Waals surface area contributed by atoms with E-state index in [1.165, 1.54) is 0 Å². The second kappa shape index (κ2) is 6.23. The van der Waals surface area contributed by atoms with Crippen LogP contribution >= 0.6 is 0 Å². The van der Waals surface area contributed by atoms with Crippen LogP contribution in [0.5, 0.6) is 0 Å². The quantitative estimate of drug-likeness (QED) is 0.897. The number of hydrogen-bond donors (Lipinski definition) is 1. The minimum atomic E-state index is -0.423. The van der Waals surface area contributed by atoms with Crippen molar-refractivity contribution in [3.05, 3.63) is 23.6 Å². The van der Waals surface area contributed by atoms with Gasteiger partial charge in [0.2, 0.25) is 11.8 Å². The molecule has 1 aliphatic heterocycles. The summed E-state index contributed by atoms with van der Waals surface area (Å²) in [6.07, 6.45) is -0.423. The predicted octanol–water partition coefficient (Wildman–Crippen LogP) is 2.27. The van der Waals surface area contributed by atoms with E-state index in [1.54, 1.807) is 17.9 Å². The first kappa shape index (κ1) is 16.4. The summed E-state index contributed by atoms with van der Waals surface area (Å²) < 4.78 is 16.3. The third-order valence-corrected chi connectivity index (χ3v) is 3.66. The first-order valence-corrected chi connectivity index (χ1v) is 7.77. The monoisotopic (exact) mass is 335 g/mol. The van der Waals surface area contributed by atoms with Crippen LogP contribution in [-0.4, -0.2) is 46.0 Å². The van der Waals surface area contributed by atoms with Crippen LogP contribution in [0.15, 0.2) is 15.0 Å². The van der Waals surface area contributed by atoms with Crippen molar-refractivity contribution in [2.24, 2.45) is 0 Å². The SMILES string of the molecule is Cc1nnc([C@H]2CN(C(=O)Nc3cc(C(C)(C)C)on3)CCO2)o1. The number of amides is 2. The van der Waals surface area contributed by atoms with E-state index in [9.17, 15) is 4.79 Å². The Bertz CT molecular complexity index is 718. The summed E-state index contributed by atoms with van der Waals surface area (Å²) >= 11 is 0. The maximum absolute atomic E-state index is 12.4. The lowest BCUT2D eigenvalue weighted by Crippen LogP contribution is -2.44. The number of nitrogens with one attached hydrogen (secondary N) is 1. The molecule has 130 valence electrons. The Kier molecular flexibility index (Phi) is 4.27. The molecule has 1 aliphatic rings. The number of anilines is 1. The van der Waals surface area contributed by atoms with E-state index in [-0.39, 0.29) is 11.4 Å². The third kappa shape index (κ3) is 3.56. The highest BCUT2D eigenvalue weighted by Crippen LogP contribution is 2.25. The summed E-state index contributed by atoms with van der Waals surface area (Å²) in [4.78, 5) is 14.0. The number of aryl methyl sites for hydroxylation is 1. The summed E-state index contributed by atoms with van der Waals surface area (Å²) in [7, 11) is 0. The van der Waals surface area contributed by atoms with E-state index in [2.05, 4.69) is 20.7 Å². The van der Waals surface area contributed by atoms with Crippen molar-refractivity contribution in [2.45, 2.75) is 39.2 Å². The van der Waals surface area contributed by atoms with Crippen LogP contribution in [0.1, 0.15) is 44.4 Å². The van der Waals surface area contributed by atoms with E-state index in [0.717, 1.165) is 0 Å². The van der Waals surface area contributed by atoms with Crippen LogP contribution < -0.4 is 5.32 Å². The molecule has 9 nitrogen and oxygen atoms in total. The lowest BCUT2D eigenvalue weighted by Gasteiger charge is -2.30. The molecule has 0 saturated carbocycles. The molecule has 0 spiro atoms. The molecule has 24 heavy (non-hydrogen) atoms. The van der Waals surface area contributed by atoms with Gasteiger partial charge in [0.25, 0.3) is 0 Å². The van der Waals surface area contributed by atoms with Gasteiger partial charge in [0.05, 0.1) is 13.2 Å². The molecule has 1 fully saturated rings. The standard InChI is InChI=1S/C15H21N5O4/c1-9-17-18-13(23-9)10-8-20(5-6-22-10)14(21)16-12-7-11(24-19-12)15(2,3)4/h7,10H,5-6,8H2,1-4H3,(H,16,19,21)/t10-/m1/s1. The fraction of sp³-hybridized carbons (Fsp3) is 0.600. The highest BCUT2D eigenvalue weighted by atomic mass is 16.5. The Morgan fingerprint density at radius 2 is 2.17 bits per heavy atom. The Balaban J connectivity index is 1.63. The summed E-state index contributed by atoms with van der Waals surface area (Å²) in [5.74, 6) is 1.94. The van der Waals surface area contributed by atoms with Gasteiger partial charge in [-0.25, -0.2) is 4.79 Å². The van der Waals surface area contributed by atoms with E-state index in [0.29, 0.717) is 43.1 Å². The Morgan fingerprint density at radius 3 is 2.79 bits per heavy atom. The molecule has 2 aromatic heterocycles. The maximum Gasteiger partial charge on any atom is 0.323 e. The van der Waals surface area contributed by atoms with E-state index >= 15 is 0 Å². The molecule has 0 unspecified atom stereocenters. The van der Waals surface area contributed by atoms with Gasteiger partial charge < -0.3 is 18.6 Å². The molecule has 1 N–H and O–H groups in total. The lowest BCUT2D eigenvalue weighted by atomic mass is 9.93. The number of urea groups is 1. The highest BCUT2D eigenvalue weighted by molar-refractivity contribution is 5.88. The van der Waals surface area contributed by atoms with E-state index in [1.807, 2.05) is 20.8 Å². The largest absolute Gasteiger partial charge is 0.423 e. The van der Waals surface area contributed by atoms with Gasteiger partial charge in [-0.05, 0) is 0 Å². The van der Waals surface area contributed by atoms with Crippen LogP contribution in [0.25, 0.3) is 0 Å². The topological polar surface area (TPSA) is 107 Å². The van der Waals surface area contributed by atoms with E-state index < -0.39 is 6.10 Å². The predicted molar refractivity (Wildman–Crippen MR) is 83.5 cm³/mol. The highest BCUT2D eigenvalue weighted by Gasteiger charge is 2.29. The smallest absolute Gasteiger partial charge is 0.323 e. The number of ether oxygens (including phenoxy) is 1. The van der Waals surface area contributed by atoms with Crippen molar-refractivity contribution in [3.8, 4) is 0 Å². The van der Waals surface area contributed by atoms with Gasteiger partial charge in [-0.3, -0.25) is 5.32 Å². The van der Waals surface area contributed by atoms with E-state index in [4.69, 9.17) is 13.7 Å². The second-order valence-electron chi connectivity index (χ2n) is 6.72. The second-order valence-corrected chi connectivity index (χ2v) is 6.72. The minimum Gasteiger partial charge on any atom is -0.423 e. The summed E-state index contributed by atoms with van der Waals surface area (Å²) in [6.45, 7) is 8.94. The van der Waals surface area contributed by atoms with Crippen molar-refractivity contribution in [3.63, 3.8) is 0 Å². The first-order chi connectivity index (χ1) is 11.3. The molecule has 3 rings (SSSR count). The molecular weight excluding hydrogens is 314 g/mol. The number of rotatable bonds is 2. The van der Waals surface area contributed by atoms with Gasteiger partial charge in [0, 0.05) is 24.9 Å². The molecule has 0 aliphatic carbocycles. The fourth-order valence-electron chi connectivity index (χ4n) is 2.30. The zero-order valence-corrected chi connectivity index (χ0v) is 14.2. The number of nitrogens with zero attached hydrogens (tertiary/aromatic N) is 4. The van der Waals surface area contributed by atoms with Gasteiger partial charge >= 0.3 is 6.03 Å². The summed E-state index contributed by atoms with van der Waals surface area (Å²) in [5.41, 5.74) is -0.171. The van der Waals surface area contributed by atoms with Crippen molar-refractivity contribution >= 4 is 11.8 Å². The number of hydrogen-bond acceptors (Lipinski definition) is 7. The average molecular weight is 335 g/mol. The van der Waals surface area contributed by atoms with Gasteiger partial charge in [-0.1, -0.05) is 25.9 Å². The zero-order chi connectivity index (χ0) is 17.3. The normalized spacial score (nSPS) is 18.7. The van der Waals surface area contributed by atoms with Crippen LogP contribution in [-0.2, 0) is 10.2 Å². The van der Waals surface area contributed by atoms with Crippen LogP contribution in [0.3, 0.4) is 0 Å². The van der Waals surface area contributed by atoms with Crippen LogP contribution in [0.4, 0.5) is 10.6 Å².